The standard InChI is InChI=1S/C13H17NO/c1-3-6-10-9-11(4-2)14-13(10)12-7-5-8-15-12/h5,7-9,11H,3-4,6H2,1-2H3. The third-order valence-corrected chi connectivity index (χ3v) is 2.68. The lowest BCUT2D eigenvalue weighted by molar-refractivity contribution is 0.557. The number of aliphatic imine (C=N–C) groups is 1. The smallest absolute Gasteiger partial charge is 0.152 e. The molecule has 1 aliphatic heterocycles. The van der Waals surface area contributed by atoms with Gasteiger partial charge < -0.3 is 4.42 Å². The van der Waals surface area contributed by atoms with Gasteiger partial charge in [0.25, 0.3) is 0 Å². The highest BCUT2D eigenvalue weighted by molar-refractivity contribution is 6.12. The van der Waals surface area contributed by atoms with Gasteiger partial charge in [0.05, 0.1) is 12.3 Å². The SMILES string of the molecule is CCCC1=CC(CC)N=C1c1ccco1. The van der Waals surface area contributed by atoms with Crippen LogP contribution in [0, 0.1) is 0 Å². The average molecular weight is 203 g/mol. The Hall–Kier alpha value is -1.31. The van der Waals surface area contributed by atoms with E-state index < -0.39 is 0 Å². The maximum atomic E-state index is 5.42. The maximum absolute atomic E-state index is 5.42. The summed E-state index contributed by atoms with van der Waals surface area (Å²) in [4.78, 5) is 4.68. The summed E-state index contributed by atoms with van der Waals surface area (Å²) >= 11 is 0. The Morgan fingerprint density at radius 1 is 1.40 bits per heavy atom. The zero-order valence-corrected chi connectivity index (χ0v) is 9.36. The minimum atomic E-state index is 0.353. The highest BCUT2D eigenvalue weighted by Crippen LogP contribution is 2.24. The fourth-order valence-corrected chi connectivity index (χ4v) is 1.91. The fourth-order valence-electron chi connectivity index (χ4n) is 1.91. The molecule has 0 spiro atoms. The Balaban J connectivity index is 2.26. The van der Waals surface area contributed by atoms with Crippen molar-refractivity contribution in [2.45, 2.75) is 39.2 Å². The first-order valence-corrected chi connectivity index (χ1v) is 5.67. The molecule has 1 aliphatic rings. The van der Waals surface area contributed by atoms with Crippen molar-refractivity contribution >= 4 is 5.71 Å². The summed E-state index contributed by atoms with van der Waals surface area (Å²) in [6, 6.07) is 4.26. The summed E-state index contributed by atoms with van der Waals surface area (Å²) in [7, 11) is 0. The van der Waals surface area contributed by atoms with E-state index in [9.17, 15) is 0 Å². The van der Waals surface area contributed by atoms with Crippen LogP contribution < -0.4 is 0 Å². The average Bonchev–Trinajstić information content (AvgIpc) is 2.85. The van der Waals surface area contributed by atoms with Gasteiger partial charge in [0.1, 0.15) is 5.71 Å². The van der Waals surface area contributed by atoms with Gasteiger partial charge in [-0.05, 0) is 30.5 Å². The van der Waals surface area contributed by atoms with E-state index in [2.05, 4.69) is 24.9 Å². The Morgan fingerprint density at radius 2 is 2.27 bits per heavy atom. The van der Waals surface area contributed by atoms with E-state index in [1.807, 2.05) is 12.1 Å². The van der Waals surface area contributed by atoms with Crippen LogP contribution in [0.3, 0.4) is 0 Å². The van der Waals surface area contributed by atoms with Crippen molar-refractivity contribution in [2.24, 2.45) is 4.99 Å². The summed E-state index contributed by atoms with van der Waals surface area (Å²) in [6.45, 7) is 4.36. The number of nitrogens with zero attached hydrogens (tertiary/aromatic N) is 1. The zero-order valence-electron chi connectivity index (χ0n) is 9.36. The van der Waals surface area contributed by atoms with Crippen LogP contribution in [0.25, 0.3) is 0 Å². The highest BCUT2D eigenvalue weighted by Gasteiger charge is 2.20. The molecule has 0 bridgehead atoms. The number of rotatable bonds is 4. The van der Waals surface area contributed by atoms with Crippen molar-refractivity contribution in [3.8, 4) is 0 Å². The molecule has 1 atom stereocenters. The normalized spacial score (nSPS) is 20.3. The van der Waals surface area contributed by atoms with Crippen LogP contribution in [-0.2, 0) is 0 Å². The summed E-state index contributed by atoms with van der Waals surface area (Å²) in [5.41, 5.74) is 2.41. The molecule has 2 heterocycles. The van der Waals surface area contributed by atoms with Gasteiger partial charge in [-0.2, -0.15) is 0 Å². The van der Waals surface area contributed by atoms with Crippen molar-refractivity contribution in [1.29, 1.82) is 0 Å². The molecule has 2 nitrogen and oxygen atoms in total. The molecule has 0 saturated carbocycles. The lowest BCUT2D eigenvalue weighted by Gasteiger charge is -2.01. The number of hydrogen-bond donors (Lipinski definition) is 0. The van der Waals surface area contributed by atoms with Crippen LogP contribution in [0.5, 0.6) is 0 Å². The third kappa shape index (κ3) is 2.04. The first-order valence-electron chi connectivity index (χ1n) is 5.67. The Labute approximate surface area is 90.7 Å². The minimum absolute atomic E-state index is 0.353. The van der Waals surface area contributed by atoms with Crippen molar-refractivity contribution in [2.75, 3.05) is 0 Å². The molecule has 1 aromatic rings. The van der Waals surface area contributed by atoms with Crippen LogP contribution in [0.1, 0.15) is 38.9 Å². The number of allylic oxidation sites excluding steroid dienone is 1. The summed E-state index contributed by atoms with van der Waals surface area (Å²) in [5, 5.41) is 0. The molecule has 0 saturated heterocycles. The minimum Gasteiger partial charge on any atom is -0.463 e. The Morgan fingerprint density at radius 3 is 2.87 bits per heavy atom. The molecular weight excluding hydrogens is 186 g/mol. The van der Waals surface area contributed by atoms with Gasteiger partial charge in [-0.1, -0.05) is 26.3 Å². The molecule has 2 heteroatoms. The lowest BCUT2D eigenvalue weighted by Crippen LogP contribution is -2.00. The van der Waals surface area contributed by atoms with Gasteiger partial charge in [0.2, 0.25) is 0 Å². The van der Waals surface area contributed by atoms with Crippen LogP contribution in [0.4, 0.5) is 0 Å². The van der Waals surface area contributed by atoms with Gasteiger partial charge in [-0.25, -0.2) is 0 Å². The van der Waals surface area contributed by atoms with Crippen molar-refractivity contribution in [3.05, 3.63) is 35.8 Å². The lowest BCUT2D eigenvalue weighted by atomic mass is 10.0. The zero-order chi connectivity index (χ0) is 10.7. The van der Waals surface area contributed by atoms with Gasteiger partial charge >= 0.3 is 0 Å². The van der Waals surface area contributed by atoms with Crippen molar-refractivity contribution in [1.82, 2.24) is 0 Å². The van der Waals surface area contributed by atoms with E-state index in [0.29, 0.717) is 6.04 Å². The summed E-state index contributed by atoms with van der Waals surface area (Å²) in [6.07, 6.45) is 7.30. The third-order valence-electron chi connectivity index (χ3n) is 2.68. The van der Waals surface area contributed by atoms with E-state index in [1.54, 1.807) is 6.26 Å². The van der Waals surface area contributed by atoms with Crippen molar-refractivity contribution < 1.29 is 4.42 Å². The summed E-state index contributed by atoms with van der Waals surface area (Å²) < 4.78 is 5.42. The van der Waals surface area contributed by atoms with Crippen LogP contribution >= 0.6 is 0 Å². The van der Waals surface area contributed by atoms with E-state index in [4.69, 9.17) is 4.42 Å². The van der Waals surface area contributed by atoms with Gasteiger partial charge in [-0.3, -0.25) is 4.99 Å². The van der Waals surface area contributed by atoms with Crippen LogP contribution in [0.15, 0.2) is 39.5 Å². The molecule has 15 heavy (non-hydrogen) atoms. The van der Waals surface area contributed by atoms with E-state index in [-0.39, 0.29) is 0 Å². The van der Waals surface area contributed by atoms with E-state index in [0.717, 1.165) is 30.7 Å². The predicted octanol–water partition coefficient (Wildman–Crippen LogP) is 3.59. The molecule has 0 aromatic carbocycles. The molecule has 0 N–H and O–H groups in total. The molecular formula is C13H17NO. The molecule has 2 rings (SSSR count). The number of furan rings is 1. The first-order chi connectivity index (χ1) is 7.35. The quantitative estimate of drug-likeness (QED) is 0.734. The molecule has 0 radical (unpaired) electrons. The van der Waals surface area contributed by atoms with Gasteiger partial charge in [-0.15, -0.1) is 0 Å². The predicted molar refractivity (Wildman–Crippen MR) is 62.3 cm³/mol. The molecule has 1 aromatic heterocycles. The van der Waals surface area contributed by atoms with Gasteiger partial charge in [0.15, 0.2) is 5.76 Å². The highest BCUT2D eigenvalue weighted by atomic mass is 16.3. The van der Waals surface area contributed by atoms with E-state index in [1.165, 1.54) is 5.57 Å². The second-order valence-electron chi connectivity index (χ2n) is 3.87. The maximum Gasteiger partial charge on any atom is 0.152 e. The number of hydrogen-bond acceptors (Lipinski definition) is 2. The van der Waals surface area contributed by atoms with Crippen LogP contribution in [-0.4, -0.2) is 11.8 Å². The second kappa shape index (κ2) is 4.47. The largest absolute Gasteiger partial charge is 0.463 e. The Bertz CT molecular complexity index is 373. The van der Waals surface area contributed by atoms with Crippen molar-refractivity contribution in [3.63, 3.8) is 0 Å². The topological polar surface area (TPSA) is 25.5 Å². The monoisotopic (exact) mass is 203 g/mol. The Kier molecular flexibility index (Phi) is 3.05. The second-order valence-corrected chi connectivity index (χ2v) is 3.87. The molecule has 0 fully saturated rings. The molecule has 1 unspecified atom stereocenters. The summed E-state index contributed by atoms with van der Waals surface area (Å²) in [5.74, 6) is 0.908. The molecule has 80 valence electrons. The van der Waals surface area contributed by atoms with E-state index >= 15 is 0 Å². The molecule has 0 aliphatic carbocycles. The fraction of sp³-hybridized carbons (Fsp3) is 0.462. The molecule has 0 amide bonds. The van der Waals surface area contributed by atoms with Gasteiger partial charge in [0, 0.05) is 0 Å². The van der Waals surface area contributed by atoms with Crippen LogP contribution in [0.2, 0.25) is 0 Å². The first kappa shape index (κ1) is 10.2.